The van der Waals surface area contributed by atoms with E-state index in [1.165, 1.54) is 48.7 Å². The minimum atomic E-state index is 0.651. The van der Waals surface area contributed by atoms with Crippen molar-refractivity contribution in [2.75, 3.05) is 6.54 Å². The summed E-state index contributed by atoms with van der Waals surface area (Å²) in [7, 11) is 0. The molecule has 0 bridgehead atoms. The Kier molecular flexibility index (Phi) is 2.57. The van der Waals surface area contributed by atoms with Crippen LogP contribution in [-0.2, 0) is 6.42 Å². The van der Waals surface area contributed by atoms with Gasteiger partial charge >= 0.3 is 0 Å². The molecule has 2 nitrogen and oxygen atoms in total. The Balaban J connectivity index is 1.45. The van der Waals surface area contributed by atoms with Crippen LogP contribution >= 0.6 is 0 Å². The van der Waals surface area contributed by atoms with Gasteiger partial charge < -0.3 is 0 Å². The first-order chi connectivity index (χ1) is 10.7. The molecule has 2 saturated heterocycles. The largest absolute Gasteiger partial charge is 0.294 e. The molecule has 0 amide bonds. The van der Waals surface area contributed by atoms with Crippen LogP contribution in [0.5, 0.6) is 0 Å². The topological polar surface area (TPSA) is 16.1 Å². The average Bonchev–Trinajstić information content (AvgIpc) is 3.10. The number of piperidine rings is 1. The van der Waals surface area contributed by atoms with E-state index in [-0.39, 0.29) is 0 Å². The van der Waals surface area contributed by atoms with Gasteiger partial charge in [0.05, 0.1) is 5.52 Å². The highest BCUT2D eigenvalue weighted by Crippen LogP contribution is 2.70. The summed E-state index contributed by atoms with van der Waals surface area (Å²) in [6.07, 6.45) is 7.46. The molecular formula is C20H24N2. The van der Waals surface area contributed by atoms with Crippen LogP contribution < -0.4 is 0 Å². The monoisotopic (exact) mass is 292 g/mol. The van der Waals surface area contributed by atoms with Gasteiger partial charge in [0.25, 0.3) is 0 Å². The van der Waals surface area contributed by atoms with Crippen LogP contribution in [0.25, 0.3) is 10.9 Å². The molecule has 0 N–H and O–H groups in total. The fourth-order valence-electron chi connectivity index (χ4n) is 5.78. The third kappa shape index (κ3) is 1.52. The van der Waals surface area contributed by atoms with Crippen LogP contribution in [0.3, 0.4) is 0 Å². The number of hydrogen-bond donors (Lipinski definition) is 0. The summed E-state index contributed by atoms with van der Waals surface area (Å²) in [5.74, 6) is 2.01. The second-order valence-corrected chi connectivity index (χ2v) is 7.64. The number of fused-ring (bicyclic) bond motifs is 1. The van der Waals surface area contributed by atoms with E-state index in [9.17, 15) is 0 Å². The Bertz CT molecular complexity index is 752. The number of benzene rings is 1. The van der Waals surface area contributed by atoms with E-state index in [0.717, 1.165) is 23.4 Å². The number of hydrogen-bond acceptors (Lipinski definition) is 2. The van der Waals surface area contributed by atoms with Gasteiger partial charge in [0.1, 0.15) is 0 Å². The van der Waals surface area contributed by atoms with Crippen LogP contribution in [0.4, 0.5) is 0 Å². The molecule has 0 radical (unpaired) electrons. The molecule has 1 aromatic carbocycles. The first-order valence-electron chi connectivity index (χ1n) is 8.85. The van der Waals surface area contributed by atoms with Gasteiger partial charge in [-0.3, -0.25) is 9.88 Å². The molecule has 1 aliphatic carbocycles. The van der Waals surface area contributed by atoms with Crippen LogP contribution in [0, 0.1) is 18.8 Å². The Morgan fingerprint density at radius 3 is 2.95 bits per heavy atom. The second kappa shape index (κ2) is 4.32. The van der Waals surface area contributed by atoms with Gasteiger partial charge in [-0.15, -0.1) is 0 Å². The molecule has 1 saturated carbocycles. The van der Waals surface area contributed by atoms with Crippen molar-refractivity contribution in [2.24, 2.45) is 11.8 Å². The standard InChI is InChI=1S/C20H24N2/c1-3-17-18-12-15(22-9-7-20(17,18)22)11-14-6-8-21-19-5-4-13(2)10-16(14)19/h4-6,8,10,15,17-18H,3,7,9,11-12H2,1-2H3. The SMILES string of the molecule is CCC1C2CC(Cc3ccnc4ccc(C)cc34)N3CCC123. The van der Waals surface area contributed by atoms with Crippen molar-refractivity contribution >= 4 is 10.9 Å². The molecule has 1 spiro atoms. The van der Waals surface area contributed by atoms with Crippen LogP contribution in [-0.4, -0.2) is 28.0 Å². The zero-order valence-corrected chi connectivity index (χ0v) is 13.5. The van der Waals surface area contributed by atoms with Crippen molar-refractivity contribution in [1.29, 1.82) is 0 Å². The summed E-state index contributed by atoms with van der Waals surface area (Å²) in [4.78, 5) is 7.39. The first-order valence-corrected chi connectivity index (χ1v) is 8.85. The fourth-order valence-corrected chi connectivity index (χ4v) is 5.78. The highest BCUT2D eigenvalue weighted by Gasteiger charge is 2.75. The zero-order chi connectivity index (χ0) is 14.9. The average molecular weight is 292 g/mol. The third-order valence-electron chi connectivity index (χ3n) is 6.80. The molecule has 2 aliphatic heterocycles. The predicted octanol–water partition coefficient (Wildman–Crippen LogP) is 3.96. The fraction of sp³-hybridized carbons (Fsp3) is 0.550. The molecule has 2 heteroatoms. The maximum atomic E-state index is 4.54. The molecule has 22 heavy (non-hydrogen) atoms. The molecule has 1 aromatic heterocycles. The summed E-state index contributed by atoms with van der Waals surface area (Å²) in [6, 6.07) is 9.66. The Morgan fingerprint density at radius 2 is 2.23 bits per heavy atom. The minimum Gasteiger partial charge on any atom is -0.294 e. The first kappa shape index (κ1) is 13.1. The smallest absolute Gasteiger partial charge is 0.0704 e. The lowest BCUT2D eigenvalue weighted by Crippen LogP contribution is -2.54. The molecule has 4 unspecified atom stereocenters. The van der Waals surface area contributed by atoms with Gasteiger partial charge in [-0.2, -0.15) is 0 Å². The molecule has 3 heterocycles. The van der Waals surface area contributed by atoms with Gasteiger partial charge in [0.15, 0.2) is 0 Å². The van der Waals surface area contributed by atoms with Gasteiger partial charge in [-0.05, 0) is 61.8 Å². The van der Waals surface area contributed by atoms with E-state index in [1.807, 2.05) is 6.20 Å². The maximum Gasteiger partial charge on any atom is 0.0704 e. The quantitative estimate of drug-likeness (QED) is 0.851. The van der Waals surface area contributed by atoms with E-state index in [0.29, 0.717) is 5.54 Å². The molecular weight excluding hydrogens is 268 g/mol. The minimum absolute atomic E-state index is 0.651. The number of aromatic nitrogens is 1. The number of pyridine rings is 1. The van der Waals surface area contributed by atoms with E-state index in [4.69, 9.17) is 0 Å². The highest BCUT2D eigenvalue weighted by molar-refractivity contribution is 5.82. The van der Waals surface area contributed by atoms with Gasteiger partial charge in [-0.25, -0.2) is 0 Å². The summed E-state index contributed by atoms with van der Waals surface area (Å²) in [5.41, 5.74) is 4.63. The van der Waals surface area contributed by atoms with Crippen molar-refractivity contribution in [1.82, 2.24) is 9.88 Å². The lowest BCUT2D eigenvalue weighted by molar-refractivity contribution is 0.0361. The lowest BCUT2D eigenvalue weighted by atomic mass is 9.92. The van der Waals surface area contributed by atoms with Gasteiger partial charge in [-0.1, -0.05) is 25.0 Å². The maximum absolute atomic E-state index is 4.54. The zero-order valence-electron chi connectivity index (χ0n) is 13.5. The summed E-state index contributed by atoms with van der Waals surface area (Å²) in [6.45, 7) is 5.89. The van der Waals surface area contributed by atoms with Gasteiger partial charge in [0, 0.05) is 29.7 Å². The summed E-state index contributed by atoms with van der Waals surface area (Å²) >= 11 is 0. The summed E-state index contributed by atoms with van der Waals surface area (Å²) < 4.78 is 0. The highest BCUT2D eigenvalue weighted by atomic mass is 15.4. The van der Waals surface area contributed by atoms with Crippen molar-refractivity contribution in [3.63, 3.8) is 0 Å². The van der Waals surface area contributed by atoms with E-state index in [1.54, 1.807) is 0 Å². The van der Waals surface area contributed by atoms with Gasteiger partial charge in [0.2, 0.25) is 0 Å². The van der Waals surface area contributed by atoms with E-state index < -0.39 is 0 Å². The molecule has 3 fully saturated rings. The molecule has 5 rings (SSSR count). The Labute approximate surface area is 132 Å². The Hall–Kier alpha value is -1.41. The Morgan fingerprint density at radius 1 is 1.32 bits per heavy atom. The van der Waals surface area contributed by atoms with Crippen LogP contribution in [0.2, 0.25) is 0 Å². The third-order valence-corrected chi connectivity index (χ3v) is 6.80. The van der Waals surface area contributed by atoms with Crippen molar-refractivity contribution in [2.45, 2.75) is 51.1 Å². The molecule has 114 valence electrons. The second-order valence-electron chi connectivity index (χ2n) is 7.64. The lowest BCUT2D eigenvalue weighted by Gasteiger charge is -2.45. The molecule has 4 atom stereocenters. The van der Waals surface area contributed by atoms with Crippen molar-refractivity contribution in [3.05, 3.63) is 41.6 Å². The van der Waals surface area contributed by atoms with Crippen LogP contribution in [0.1, 0.15) is 37.3 Å². The predicted molar refractivity (Wildman–Crippen MR) is 89.9 cm³/mol. The number of aryl methyl sites for hydroxylation is 1. The van der Waals surface area contributed by atoms with Crippen molar-refractivity contribution < 1.29 is 0 Å². The van der Waals surface area contributed by atoms with Crippen molar-refractivity contribution in [3.8, 4) is 0 Å². The van der Waals surface area contributed by atoms with E-state index >= 15 is 0 Å². The number of nitrogens with zero attached hydrogens (tertiary/aromatic N) is 2. The van der Waals surface area contributed by atoms with E-state index in [2.05, 4.69) is 48.0 Å². The summed E-state index contributed by atoms with van der Waals surface area (Å²) in [5, 5.41) is 1.37. The number of rotatable bonds is 3. The molecule has 2 aromatic rings. The van der Waals surface area contributed by atoms with Crippen LogP contribution in [0.15, 0.2) is 30.5 Å². The normalized spacial score (nSPS) is 36.0. The molecule has 3 aliphatic rings.